The van der Waals surface area contributed by atoms with E-state index in [4.69, 9.17) is 10.5 Å². The van der Waals surface area contributed by atoms with Crippen molar-refractivity contribution in [2.24, 2.45) is 5.73 Å². The maximum atomic E-state index is 6.36. The van der Waals surface area contributed by atoms with Crippen LogP contribution in [0.2, 0.25) is 0 Å². The molecule has 1 aliphatic rings. The molecule has 0 amide bonds. The van der Waals surface area contributed by atoms with Crippen molar-refractivity contribution >= 4 is 11.3 Å². The molecule has 0 aromatic carbocycles. The van der Waals surface area contributed by atoms with Crippen LogP contribution in [0.4, 0.5) is 0 Å². The molecule has 0 bridgehead atoms. The van der Waals surface area contributed by atoms with Crippen LogP contribution < -0.4 is 5.73 Å². The number of thiophene rings is 1. The van der Waals surface area contributed by atoms with Crippen LogP contribution in [0.25, 0.3) is 0 Å². The Hall–Kier alpha value is -0.420. The van der Waals surface area contributed by atoms with Crippen LogP contribution in [0.3, 0.4) is 0 Å². The molecule has 0 aliphatic carbocycles. The molecule has 2 heterocycles. The summed E-state index contributed by atoms with van der Waals surface area (Å²) in [7, 11) is 0. The molecule has 1 aromatic heterocycles. The first kappa shape index (κ1) is 14.0. The summed E-state index contributed by atoms with van der Waals surface area (Å²) in [4.78, 5) is 5.25. The van der Waals surface area contributed by atoms with Crippen LogP contribution in [0.15, 0.2) is 12.1 Å². The van der Waals surface area contributed by atoms with Crippen molar-refractivity contribution in [1.82, 2.24) is 4.90 Å². The van der Waals surface area contributed by atoms with E-state index >= 15 is 0 Å². The highest BCUT2D eigenvalue weighted by Gasteiger charge is 2.30. The third-order valence-corrected chi connectivity index (χ3v) is 4.67. The standard InChI is InChI=1S/C14H24N2OS/c1-4-12(15)14(13-6-5-11(3)18-13)16-7-8-17-10(2)9-16/h5-6,10,12,14H,4,7-9,15H2,1-3H3. The monoisotopic (exact) mass is 268 g/mol. The molecule has 18 heavy (non-hydrogen) atoms. The molecule has 1 fully saturated rings. The lowest BCUT2D eigenvalue weighted by Crippen LogP contribution is -2.48. The van der Waals surface area contributed by atoms with Gasteiger partial charge in [-0.1, -0.05) is 6.92 Å². The number of hydrogen-bond acceptors (Lipinski definition) is 4. The van der Waals surface area contributed by atoms with Crippen LogP contribution in [0.1, 0.15) is 36.1 Å². The molecular formula is C14H24N2OS. The Kier molecular flexibility index (Phi) is 4.78. The molecule has 2 rings (SSSR count). The molecule has 3 unspecified atom stereocenters. The topological polar surface area (TPSA) is 38.5 Å². The molecule has 0 radical (unpaired) electrons. The van der Waals surface area contributed by atoms with E-state index in [1.54, 1.807) is 0 Å². The Balaban J connectivity index is 2.19. The number of nitrogens with two attached hydrogens (primary N) is 1. The van der Waals surface area contributed by atoms with Gasteiger partial charge in [0.15, 0.2) is 0 Å². The Morgan fingerprint density at radius 1 is 1.56 bits per heavy atom. The van der Waals surface area contributed by atoms with Crippen molar-refractivity contribution in [3.8, 4) is 0 Å². The van der Waals surface area contributed by atoms with Gasteiger partial charge in [-0.2, -0.15) is 0 Å². The lowest BCUT2D eigenvalue weighted by atomic mass is 10.0. The van der Waals surface area contributed by atoms with Gasteiger partial charge in [0.1, 0.15) is 0 Å². The predicted octanol–water partition coefficient (Wildman–Crippen LogP) is 2.56. The van der Waals surface area contributed by atoms with Crippen LogP contribution in [0.5, 0.6) is 0 Å². The first-order chi connectivity index (χ1) is 8.61. The first-order valence-corrected chi connectivity index (χ1v) is 7.61. The summed E-state index contributed by atoms with van der Waals surface area (Å²) in [5.74, 6) is 0. The fraction of sp³-hybridized carbons (Fsp3) is 0.714. The number of hydrogen-bond donors (Lipinski definition) is 1. The van der Waals surface area contributed by atoms with Gasteiger partial charge in [0, 0.05) is 28.9 Å². The average molecular weight is 268 g/mol. The lowest BCUT2D eigenvalue weighted by Gasteiger charge is -2.39. The van der Waals surface area contributed by atoms with Gasteiger partial charge < -0.3 is 10.5 Å². The van der Waals surface area contributed by atoms with E-state index in [9.17, 15) is 0 Å². The molecule has 1 saturated heterocycles. The van der Waals surface area contributed by atoms with Gasteiger partial charge >= 0.3 is 0 Å². The summed E-state index contributed by atoms with van der Waals surface area (Å²) >= 11 is 1.87. The van der Waals surface area contributed by atoms with Gasteiger partial charge in [0.2, 0.25) is 0 Å². The number of ether oxygens (including phenoxy) is 1. The average Bonchev–Trinajstić information content (AvgIpc) is 2.76. The van der Waals surface area contributed by atoms with E-state index in [2.05, 4.69) is 37.8 Å². The number of rotatable bonds is 4. The van der Waals surface area contributed by atoms with Crippen LogP contribution in [-0.2, 0) is 4.74 Å². The number of morpholine rings is 1. The molecular weight excluding hydrogens is 244 g/mol. The van der Waals surface area contributed by atoms with Crippen molar-refractivity contribution in [2.75, 3.05) is 19.7 Å². The van der Waals surface area contributed by atoms with Crippen molar-refractivity contribution < 1.29 is 4.74 Å². The zero-order chi connectivity index (χ0) is 13.1. The van der Waals surface area contributed by atoms with E-state index in [0.717, 1.165) is 26.1 Å². The van der Waals surface area contributed by atoms with Crippen molar-refractivity contribution in [2.45, 2.75) is 45.4 Å². The number of aryl methyl sites for hydroxylation is 1. The van der Waals surface area contributed by atoms with E-state index in [0.29, 0.717) is 12.1 Å². The van der Waals surface area contributed by atoms with Gasteiger partial charge in [-0.05, 0) is 32.4 Å². The predicted molar refractivity (Wildman–Crippen MR) is 77.1 cm³/mol. The minimum atomic E-state index is 0.202. The molecule has 0 spiro atoms. The summed E-state index contributed by atoms with van der Waals surface area (Å²) in [6.45, 7) is 9.25. The highest BCUT2D eigenvalue weighted by atomic mass is 32.1. The highest BCUT2D eigenvalue weighted by molar-refractivity contribution is 7.12. The lowest BCUT2D eigenvalue weighted by molar-refractivity contribution is -0.0381. The van der Waals surface area contributed by atoms with Gasteiger partial charge in [-0.25, -0.2) is 0 Å². The molecule has 102 valence electrons. The normalized spacial score (nSPS) is 25.0. The quantitative estimate of drug-likeness (QED) is 0.912. The van der Waals surface area contributed by atoms with Gasteiger partial charge in [-0.3, -0.25) is 4.90 Å². The summed E-state index contributed by atoms with van der Waals surface area (Å²) in [5, 5.41) is 0. The molecule has 1 aliphatic heterocycles. The van der Waals surface area contributed by atoms with Crippen molar-refractivity contribution in [3.63, 3.8) is 0 Å². The smallest absolute Gasteiger partial charge is 0.0674 e. The summed E-state index contributed by atoms with van der Waals surface area (Å²) in [6, 6.07) is 4.98. The van der Waals surface area contributed by atoms with E-state index in [1.165, 1.54) is 9.75 Å². The number of nitrogens with zero attached hydrogens (tertiary/aromatic N) is 1. The van der Waals surface area contributed by atoms with Gasteiger partial charge in [0.05, 0.1) is 18.8 Å². The third-order valence-electron chi connectivity index (χ3n) is 3.60. The maximum Gasteiger partial charge on any atom is 0.0674 e. The van der Waals surface area contributed by atoms with Crippen LogP contribution in [-0.4, -0.2) is 36.7 Å². The molecule has 0 saturated carbocycles. The van der Waals surface area contributed by atoms with Gasteiger partial charge in [-0.15, -0.1) is 11.3 Å². The second-order valence-corrected chi connectivity index (χ2v) is 6.46. The van der Waals surface area contributed by atoms with Crippen molar-refractivity contribution in [3.05, 3.63) is 21.9 Å². The molecule has 3 atom stereocenters. The fourth-order valence-corrected chi connectivity index (χ4v) is 3.68. The molecule has 2 N–H and O–H groups in total. The second kappa shape index (κ2) is 6.15. The first-order valence-electron chi connectivity index (χ1n) is 6.79. The van der Waals surface area contributed by atoms with E-state index < -0.39 is 0 Å². The van der Waals surface area contributed by atoms with Crippen LogP contribution in [0, 0.1) is 6.92 Å². The maximum absolute atomic E-state index is 6.36. The Labute approximate surface area is 114 Å². The Morgan fingerprint density at radius 2 is 2.33 bits per heavy atom. The van der Waals surface area contributed by atoms with Gasteiger partial charge in [0.25, 0.3) is 0 Å². The highest BCUT2D eigenvalue weighted by Crippen LogP contribution is 2.31. The molecule has 1 aromatic rings. The largest absolute Gasteiger partial charge is 0.376 e. The third kappa shape index (κ3) is 3.12. The fourth-order valence-electron chi connectivity index (χ4n) is 2.60. The van der Waals surface area contributed by atoms with E-state index in [1.807, 2.05) is 11.3 Å². The van der Waals surface area contributed by atoms with Crippen molar-refractivity contribution in [1.29, 1.82) is 0 Å². The summed E-state index contributed by atoms with van der Waals surface area (Å²) in [5.41, 5.74) is 6.36. The minimum Gasteiger partial charge on any atom is -0.376 e. The SMILES string of the molecule is CCC(N)C(c1ccc(C)s1)N1CCOC(C)C1. The molecule has 3 nitrogen and oxygen atoms in total. The Bertz CT molecular complexity index is 380. The Morgan fingerprint density at radius 3 is 2.89 bits per heavy atom. The van der Waals surface area contributed by atoms with Crippen LogP contribution >= 0.6 is 11.3 Å². The van der Waals surface area contributed by atoms with E-state index in [-0.39, 0.29) is 6.04 Å². The summed E-state index contributed by atoms with van der Waals surface area (Å²) in [6.07, 6.45) is 1.32. The minimum absolute atomic E-state index is 0.202. The zero-order valence-electron chi connectivity index (χ0n) is 11.6. The molecule has 4 heteroatoms. The second-order valence-electron chi connectivity index (χ2n) is 5.14. The summed E-state index contributed by atoms with van der Waals surface area (Å²) < 4.78 is 5.63. The zero-order valence-corrected chi connectivity index (χ0v) is 12.4.